The van der Waals surface area contributed by atoms with Crippen molar-refractivity contribution in [3.63, 3.8) is 0 Å². The van der Waals surface area contributed by atoms with E-state index in [1.54, 1.807) is 5.57 Å². The predicted molar refractivity (Wildman–Crippen MR) is 125 cm³/mol. The molecule has 2 aromatic heterocycles. The van der Waals surface area contributed by atoms with Gasteiger partial charge in [-0.05, 0) is 64.5 Å². The number of aryl methyl sites for hydroxylation is 1. The Morgan fingerprint density at radius 3 is 2.97 bits per heavy atom. The van der Waals surface area contributed by atoms with Crippen molar-refractivity contribution in [1.82, 2.24) is 20.2 Å². The highest BCUT2D eigenvalue weighted by molar-refractivity contribution is 6.03. The summed E-state index contributed by atoms with van der Waals surface area (Å²) in [6.07, 6.45) is 11.2. The molecular formula is C24H30N6. The van der Waals surface area contributed by atoms with Gasteiger partial charge in [0.2, 0.25) is 0 Å². The van der Waals surface area contributed by atoms with Crippen LogP contribution in [0.1, 0.15) is 52.0 Å². The minimum atomic E-state index is 0.406. The van der Waals surface area contributed by atoms with Gasteiger partial charge in [0.05, 0.1) is 0 Å². The molecule has 1 aromatic carbocycles. The van der Waals surface area contributed by atoms with Gasteiger partial charge in [0.15, 0.2) is 5.65 Å². The molecule has 0 unspecified atom stereocenters. The van der Waals surface area contributed by atoms with Crippen molar-refractivity contribution in [3.8, 4) is 0 Å². The second kappa shape index (κ2) is 8.78. The van der Waals surface area contributed by atoms with E-state index < -0.39 is 0 Å². The highest BCUT2D eigenvalue weighted by Crippen LogP contribution is 2.30. The van der Waals surface area contributed by atoms with Gasteiger partial charge in [0.1, 0.15) is 5.52 Å². The van der Waals surface area contributed by atoms with Crippen LogP contribution in [0.25, 0.3) is 22.1 Å². The molecule has 6 nitrogen and oxygen atoms in total. The fourth-order valence-electron chi connectivity index (χ4n) is 4.06. The SMILES string of the molecule is CC(C)=CCCC1=CC[C@@H](/C=N\Nc2nnc3c(n2)[nH]c2ccc(C)cc23)[C@@H](C)C1. The molecule has 0 bridgehead atoms. The van der Waals surface area contributed by atoms with Crippen LogP contribution in [0.2, 0.25) is 0 Å². The molecule has 0 spiro atoms. The zero-order chi connectivity index (χ0) is 21.1. The second-order valence-corrected chi connectivity index (χ2v) is 8.66. The number of benzene rings is 1. The topological polar surface area (TPSA) is 78.8 Å². The standard InChI is InChI=1S/C24H30N6/c1-15(2)6-5-7-18-9-10-19(17(4)13-18)14-25-29-24-27-23-22(28-30-24)20-12-16(3)8-11-21(20)26-23/h6,8-9,11-12,14,17,19H,5,7,10,13H2,1-4H3,(H2,26,27,29,30)/b25-14-/t17-,19-/m0/s1. The Kier molecular flexibility index (Phi) is 5.93. The Bertz CT molecular complexity index is 1130. The van der Waals surface area contributed by atoms with Crippen LogP contribution in [0, 0.1) is 18.8 Å². The third kappa shape index (κ3) is 4.58. The number of hydrogen-bond acceptors (Lipinski definition) is 5. The second-order valence-electron chi connectivity index (χ2n) is 8.66. The summed E-state index contributed by atoms with van der Waals surface area (Å²) in [5.41, 5.74) is 9.64. The van der Waals surface area contributed by atoms with Gasteiger partial charge in [0.25, 0.3) is 5.95 Å². The van der Waals surface area contributed by atoms with Crippen molar-refractivity contribution in [1.29, 1.82) is 0 Å². The Hall–Kier alpha value is -3.02. The lowest BCUT2D eigenvalue weighted by Gasteiger charge is -2.25. The summed E-state index contributed by atoms with van der Waals surface area (Å²) in [6, 6.07) is 6.22. The molecular weight excluding hydrogens is 372 g/mol. The van der Waals surface area contributed by atoms with Crippen LogP contribution in [0.4, 0.5) is 5.95 Å². The number of aromatic amines is 1. The Balaban J connectivity index is 1.39. The molecule has 0 radical (unpaired) electrons. The Morgan fingerprint density at radius 1 is 1.30 bits per heavy atom. The number of anilines is 1. The number of H-pyrrole nitrogens is 1. The largest absolute Gasteiger partial charge is 0.338 e. The quantitative estimate of drug-likeness (QED) is 0.304. The van der Waals surface area contributed by atoms with Crippen molar-refractivity contribution < 1.29 is 0 Å². The number of allylic oxidation sites excluding steroid dienone is 4. The third-order valence-corrected chi connectivity index (χ3v) is 5.81. The van der Waals surface area contributed by atoms with E-state index in [0.717, 1.165) is 41.3 Å². The molecule has 6 heteroatoms. The summed E-state index contributed by atoms with van der Waals surface area (Å²) < 4.78 is 0. The van der Waals surface area contributed by atoms with E-state index in [1.807, 2.05) is 12.3 Å². The Morgan fingerprint density at radius 2 is 2.17 bits per heavy atom. The number of rotatable bonds is 6. The summed E-state index contributed by atoms with van der Waals surface area (Å²) in [4.78, 5) is 7.84. The lowest BCUT2D eigenvalue weighted by molar-refractivity contribution is 0.431. The highest BCUT2D eigenvalue weighted by atomic mass is 15.4. The summed E-state index contributed by atoms with van der Waals surface area (Å²) in [7, 11) is 0. The predicted octanol–water partition coefficient (Wildman–Crippen LogP) is 5.93. The van der Waals surface area contributed by atoms with E-state index in [2.05, 4.69) is 82.7 Å². The highest BCUT2D eigenvalue weighted by Gasteiger charge is 2.20. The molecule has 2 heterocycles. The first-order valence-corrected chi connectivity index (χ1v) is 10.7. The molecule has 2 N–H and O–H groups in total. The molecule has 1 aliphatic carbocycles. The minimum absolute atomic E-state index is 0.406. The fourth-order valence-corrected chi connectivity index (χ4v) is 4.06. The molecule has 2 atom stereocenters. The lowest BCUT2D eigenvalue weighted by atomic mass is 9.80. The number of nitrogens with zero attached hydrogens (tertiary/aromatic N) is 4. The van der Waals surface area contributed by atoms with Gasteiger partial charge in [-0.2, -0.15) is 10.1 Å². The Labute approximate surface area is 177 Å². The molecule has 4 rings (SSSR count). The first kappa shape index (κ1) is 20.3. The normalized spacial score (nSPS) is 19.4. The summed E-state index contributed by atoms with van der Waals surface area (Å²) >= 11 is 0. The van der Waals surface area contributed by atoms with Crippen LogP contribution >= 0.6 is 0 Å². The van der Waals surface area contributed by atoms with E-state index in [1.165, 1.54) is 17.6 Å². The molecule has 1 aliphatic rings. The smallest absolute Gasteiger partial charge is 0.265 e. The van der Waals surface area contributed by atoms with Crippen LogP contribution < -0.4 is 5.43 Å². The maximum absolute atomic E-state index is 4.53. The van der Waals surface area contributed by atoms with Crippen molar-refractivity contribution in [2.24, 2.45) is 16.9 Å². The maximum atomic E-state index is 4.53. The van der Waals surface area contributed by atoms with Gasteiger partial charge >= 0.3 is 0 Å². The number of fused-ring (bicyclic) bond motifs is 3. The number of hydrazone groups is 1. The fraction of sp³-hybridized carbons (Fsp3) is 0.417. The van der Waals surface area contributed by atoms with E-state index in [0.29, 0.717) is 17.8 Å². The van der Waals surface area contributed by atoms with Crippen LogP contribution in [0.3, 0.4) is 0 Å². The lowest BCUT2D eigenvalue weighted by Crippen LogP contribution is -2.18. The van der Waals surface area contributed by atoms with Gasteiger partial charge in [-0.25, -0.2) is 5.43 Å². The first-order valence-electron chi connectivity index (χ1n) is 10.7. The van der Waals surface area contributed by atoms with Crippen LogP contribution in [-0.2, 0) is 0 Å². The van der Waals surface area contributed by atoms with E-state index >= 15 is 0 Å². The average Bonchev–Trinajstić information content (AvgIpc) is 3.06. The molecule has 0 aliphatic heterocycles. The van der Waals surface area contributed by atoms with Crippen molar-refractivity contribution >= 4 is 34.2 Å². The van der Waals surface area contributed by atoms with Crippen LogP contribution in [0.15, 0.2) is 46.6 Å². The molecule has 0 fully saturated rings. The molecule has 0 saturated heterocycles. The monoisotopic (exact) mass is 402 g/mol. The molecule has 30 heavy (non-hydrogen) atoms. The van der Waals surface area contributed by atoms with E-state index in [-0.39, 0.29) is 0 Å². The van der Waals surface area contributed by atoms with Gasteiger partial charge in [0, 0.05) is 23.0 Å². The minimum Gasteiger partial charge on any atom is -0.338 e. The van der Waals surface area contributed by atoms with Crippen LogP contribution in [-0.4, -0.2) is 26.4 Å². The van der Waals surface area contributed by atoms with Crippen LogP contribution in [0.5, 0.6) is 0 Å². The van der Waals surface area contributed by atoms with Gasteiger partial charge in [-0.3, -0.25) is 0 Å². The maximum Gasteiger partial charge on any atom is 0.265 e. The number of nitrogens with one attached hydrogen (secondary N) is 2. The van der Waals surface area contributed by atoms with Crippen molar-refractivity contribution in [2.45, 2.75) is 53.4 Å². The summed E-state index contributed by atoms with van der Waals surface area (Å²) in [5, 5.41) is 14.0. The zero-order valence-electron chi connectivity index (χ0n) is 18.2. The number of hydrogen-bond donors (Lipinski definition) is 2. The molecule has 156 valence electrons. The zero-order valence-corrected chi connectivity index (χ0v) is 18.2. The van der Waals surface area contributed by atoms with Crippen molar-refractivity contribution in [3.05, 3.63) is 47.1 Å². The van der Waals surface area contributed by atoms with Gasteiger partial charge in [-0.15, -0.1) is 10.2 Å². The van der Waals surface area contributed by atoms with Gasteiger partial charge in [-0.1, -0.05) is 41.9 Å². The number of aromatic nitrogens is 4. The van der Waals surface area contributed by atoms with Crippen molar-refractivity contribution in [2.75, 3.05) is 5.43 Å². The first-order chi connectivity index (χ1) is 14.5. The third-order valence-electron chi connectivity index (χ3n) is 5.81. The molecule has 0 amide bonds. The molecule has 3 aromatic rings. The van der Waals surface area contributed by atoms with Gasteiger partial charge < -0.3 is 4.98 Å². The van der Waals surface area contributed by atoms with E-state index in [9.17, 15) is 0 Å². The van der Waals surface area contributed by atoms with E-state index in [4.69, 9.17) is 0 Å². The summed E-state index contributed by atoms with van der Waals surface area (Å²) in [6.45, 7) is 8.69. The molecule has 0 saturated carbocycles. The average molecular weight is 403 g/mol. The summed E-state index contributed by atoms with van der Waals surface area (Å²) in [5.74, 6) is 1.42.